The van der Waals surface area contributed by atoms with Gasteiger partial charge in [-0.3, -0.25) is 9.59 Å². The van der Waals surface area contributed by atoms with Gasteiger partial charge < -0.3 is 9.80 Å². The summed E-state index contributed by atoms with van der Waals surface area (Å²) in [7, 11) is 0. The summed E-state index contributed by atoms with van der Waals surface area (Å²) in [6.45, 7) is 7.45. The molecule has 0 aliphatic carbocycles. The number of hydrogen-bond donors (Lipinski definition) is 0. The Morgan fingerprint density at radius 2 is 1.69 bits per heavy atom. The fourth-order valence-corrected chi connectivity index (χ4v) is 4.87. The molecule has 2 heterocycles. The van der Waals surface area contributed by atoms with Gasteiger partial charge >= 0.3 is 0 Å². The molecule has 0 aromatic heterocycles. The van der Waals surface area contributed by atoms with Crippen molar-refractivity contribution in [3.8, 4) is 0 Å². The molecular formula is C21H30N2O2S. The van der Waals surface area contributed by atoms with Crippen molar-refractivity contribution in [1.82, 2.24) is 9.80 Å². The summed E-state index contributed by atoms with van der Waals surface area (Å²) < 4.78 is 0. The van der Waals surface area contributed by atoms with E-state index in [9.17, 15) is 9.59 Å². The number of hydrogen-bond acceptors (Lipinski definition) is 3. The fraction of sp³-hybridized carbons (Fsp3) is 0.619. The van der Waals surface area contributed by atoms with Gasteiger partial charge in [0.05, 0.1) is 5.75 Å². The lowest BCUT2D eigenvalue weighted by Gasteiger charge is -2.35. The predicted molar refractivity (Wildman–Crippen MR) is 106 cm³/mol. The highest BCUT2D eigenvalue weighted by atomic mass is 32.2. The molecule has 0 atom stereocenters. The number of nitrogens with zero attached hydrogens (tertiary/aromatic N) is 2. The van der Waals surface area contributed by atoms with Crippen LogP contribution in [-0.2, 0) is 9.59 Å². The van der Waals surface area contributed by atoms with Gasteiger partial charge in [0.2, 0.25) is 11.8 Å². The first kappa shape index (κ1) is 19.3. The number of benzene rings is 1. The zero-order valence-corrected chi connectivity index (χ0v) is 16.8. The van der Waals surface area contributed by atoms with E-state index in [4.69, 9.17) is 0 Å². The average molecular weight is 375 g/mol. The van der Waals surface area contributed by atoms with Gasteiger partial charge in [0.25, 0.3) is 0 Å². The van der Waals surface area contributed by atoms with Gasteiger partial charge in [0.15, 0.2) is 0 Å². The molecule has 4 nitrogen and oxygen atoms in total. The molecule has 1 aromatic rings. The smallest absolute Gasteiger partial charge is 0.232 e. The number of likely N-dealkylation sites (tertiary alicyclic amines) is 2. The number of carbonyl (C=O) groups is 2. The van der Waals surface area contributed by atoms with Crippen LogP contribution in [0.5, 0.6) is 0 Å². The molecule has 142 valence electrons. The maximum atomic E-state index is 12.6. The Morgan fingerprint density at radius 3 is 2.38 bits per heavy atom. The number of amides is 2. The van der Waals surface area contributed by atoms with E-state index in [1.807, 2.05) is 9.80 Å². The second kappa shape index (κ2) is 8.94. The predicted octanol–water partition coefficient (Wildman–Crippen LogP) is 3.65. The molecule has 26 heavy (non-hydrogen) atoms. The van der Waals surface area contributed by atoms with Gasteiger partial charge in [-0.05, 0) is 57.6 Å². The van der Waals surface area contributed by atoms with Crippen LogP contribution in [0.25, 0.3) is 0 Å². The minimum atomic E-state index is 0.115. The van der Waals surface area contributed by atoms with E-state index < -0.39 is 0 Å². The van der Waals surface area contributed by atoms with Gasteiger partial charge in [0.1, 0.15) is 0 Å². The Balaban J connectivity index is 1.46. The zero-order valence-electron chi connectivity index (χ0n) is 16.0. The first-order valence-electron chi connectivity index (χ1n) is 9.81. The minimum absolute atomic E-state index is 0.115. The van der Waals surface area contributed by atoms with Crippen LogP contribution in [0.4, 0.5) is 0 Å². The van der Waals surface area contributed by atoms with Gasteiger partial charge in [-0.15, -0.1) is 11.8 Å². The summed E-state index contributed by atoms with van der Waals surface area (Å²) in [5.74, 6) is 1.11. The molecule has 2 saturated heterocycles. The van der Waals surface area contributed by atoms with Crippen LogP contribution in [0.2, 0.25) is 0 Å². The summed E-state index contributed by atoms with van der Waals surface area (Å²) in [5, 5.41) is 0. The fourth-order valence-electron chi connectivity index (χ4n) is 3.84. The third-order valence-corrected chi connectivity index (χ3v) is 6.70. The van der Waals surface area contributed by atoms with E-state index >= 15 is 0 Å². The van der Waals surface area contributed by atoms with Crippen LogP contribution in [0.15, 0.2) is 23.1 Å². The Hall–Kier alpha value is -1.49. The second-order valence-electron chi connectivity index (χ2n) is 7.60. The molecule has 5 heteroatoms. The molecule has 0 spiro atoms. The lowest BCUT2D eigenvalue weighted by atomic mass is 9.94. The van der Waals surface area contributed by atoms with Crippen molar-refractivity contribution < 1.29 is 9.59 Å². The third kappa shape index (κ3) is 4.81. The maximum Gasteiger partial charge on any atom is 0.232 e. The van der Waals surface area contributed by atoms with E-state index in [1.54, 1.807) is 11.8 Å². The Labute approximate surface area is 161 Å². The molecule has 0 radical (unpaired) electrons. The van der Waals surface area contributed by atoms with Crippen molar-refractivity contribution in [3.63, 3.8) is 0 Å². The molecule has 2 amide bonds. The summed E-state index contributed by atoms with van der Waals surface area (Å²) >= 11 is 1.63. The lowest BCUT2D eigenvalue weighted by molar-refractivity contribution is -0.140. The number of carbonyl (C=O) groups excluding carboxylic acids is 2. The van der Waals surface area contributed by atoms with Gasteiger partial charge in [-0.1, -0.05) is 17.7 Å². The van der Waals surface area contributed by atoms with E-state index in [1.165, 1.54) is 22.4 Å². The highest BCUT2D eigenvalue weighted by molar-refractivity contribution is 8.00. The lowest BCUT2D eigenvalue weighted by Crippen LogP contribution is -2.46. The van der Waals surface area contributed by atoms with Crippen LogP contribution in [0, 0.1) is 19.8 Å². The zero-order chi connectivity index (χ0) is 18.5. The van der Waals surface area contributed by atoms with Crippen molar-refractivity contribution in [2.45, 2.75) is 50.8 Å². The van der Waals surface area contributed by atoms with Crippen molar-refractivity contribution in [2.75, 3.05) is 31.9 Å². The Morgan fingerprint density at radius 1 is 1.00 bits per heavy atom. The van der Waals surface area contributed by atoms with Crippen molar-refractivity contribution in [1.29, 1.82) is 0 Å². The standard InChI is InChI=1S/C21H30N2O2S/c1-16-6-7-17(2)19(14-16)26-15-20(24)22-12-8-18(9-13-22)21(25)23-10-4-3-5-11-23/h6-7,14,18H,3-5,8-13,15H2,1-2H3. The van der Waals surface area contributed by atoms with E-state index in [0.717, 1.165) is 51.9 Å². The number of thioether (sulfide) groups is 1. The molecule has 2 aliphatic rings. The van der Waals surface area contributed by atoms with E-state index in [2.05, 4.69) is 32.0 Å². The van der Waals surface area contributed by atoms with Crippen LogP contribution in [0.3, 0.4) is 0 Å². The molecule has 0 unspecified atom stereocenters. The summed E-state index contributed by atoms with van der Waals surface area (Å²) in [4.78, 5) is 30.4. The van der Waals surface area contributed by atoms with Gasteiger partial charge in [-0.2, -0.15) is 0 Å². The highest BCUT2D eigenvalue weighted by Crippen LogP contribution is 2.26. The van der Waals surface area contributed by atoms with Crippen LogP contribution >= 0.6 is 11.8 Å². The van der Waals surface area contributed by atoms with Crippen LogP contribution in [0.1, 0.15) is 43.2 Å². The average Bonchev–Trinajstić information content (AvgIpc) is 2.68. The van der Waals surface area contributed by atoms with E-state index in [-0.39, 0.29) is 11.8 Å². The van der Waals surface area contributed by atoms with Crippen LogP contribution in [-0.4, -0.2) is 53.5 Å². The van der Waals surface area contributed by atoms with Crippen molar-refractivity contribution in [3.05, 3.63) is 29.3 Å². The Bertz CT molecular complexity index is 647. The molecule has 1 aromatic carbocycles. The summed E-state index contributed by atoms with van der Waals surface area (Å²) in [6.07, 6.45) is 5.15. The Kier molecular flexibility index (Phi) is 6.63. The molecule has 0 saturated carbocycles. The summed E-state index contributed by atoms with van der Waals surface area (Å²) in [5.41, 5.74) is 2.45. The monoisotopic (exact) mass is 374 g/mol. The molecule has 2 aliphatic heterocycles. The molecule has 0 bridgehead atoms. The second-order valence-corrected chi connectivity index (χ2v) is 8.62. The van der Waals surface area contributed by atoms with Crippen molar-refractivity contribution >= 4 is 23.6 Å². The van der Waals surface area contributed by atoms with Crippen molar-refractivity contribution in [2.24, 2.45) is 5.92 Å². The largest absolute Gasteiger partial charge is 0.342 e. The molecule has 3 rings (SSSR count). The van der Waals surface area contributed by atoms with Crippen LogP contribution < -0.4 is 0 Å². The molecule has 2 fully saturated rings. The summed E-state index contributed by atoms with van der Waals surface area (Å²) in [6, 6.07) is 6.36. The minimum Gasteiger partial charge on any atom is -0.342 e. The van der Waals surface area contributed by atoms with Gasteiger partial charge in [-0.25, -0.2) is 0 Å². The van der Waals surface area contributed by atoms with Gasteiger partial charge in [0, 0.05) is 37.0 Å². The topological polar surface area (TPSA) is 40.6 Å². The van der Waals surface area contributed by atoms with E-state index in [0.29, 0.717) is 11.7 Å². The number of rotatable bonds is 4. The third-order valence-electron chi connectivity index (χ3n) is 5.56. The molecular weight excluding hydrogens is 344 g/mol. The SMILES string of the molecule is Cc1ccc(C)c(SCC(=O)N2CCC(C(=O)N3CCCCC3)CC2)c1. The normalized spacial score (nSPS) is 18.8. The quantitative estimate of drug-likeness (QED) is 0.756. The maximum absolute atomic E-state index is 12.6. The number of piperidine rings is 2. The first-order chi connectivity index (χ1) is 12.5. The molecule has 0 N–H and O–H groups in total. The number of aryl methyl sites for hydroxylation is 2. The highest BCUT2D eigenvalue weighted by Gasteiger charge is 2.30. The first-order valence-corrected chi connectivity index (χ1v) is 10.8.